The Morgan fingerprint density at radius 3 is 2.62 bits per heavy atom. The number of nitriles is 1. The summed E-state index contributed by atoms with van der Waals surface area (Å²) in [6, 6.07) is 8.68. The molecular formula is C25H27FN6O2. The lowest BCUT2D eigenvalue weighted by Crippen LogP contribution is -2.55. The molecule has 1 aliphatic heterocycles. The number of aromatic amines is 1. The molecule has 0 spiro atoms. The number of H-pyrrole nitrogens is 1. The Morgan fingerprint density at radius 2 is 2.00 bits per heavy atom. The summed E-state index contributed by atoms with van der Waals surface area (Å²) in [6.45, 7) is 10.1. The molecular weight excluding hydrogens is 435 g/mol. The second kappa shape index (κ2) is 9.23. The van der Waals surface area contributed by atoms with E-state index in [4.69, 9.17) is 5.26 Å². The highest BCUT2D eigenvalue weighted by molar-refractivity contribution is 5.94. The molecule has 9 heteroatoms. The summed E-state index contributed by atoms with van der Waals surface area (Å²) in [7, 11) is 0. The predicted octanol–water partition coefficient (Wildman–Crippen LogP) is 3.10. The van der Waals surface area contributed by atoms with E-state index in [0.29, 0.717) is 36.1 Å². The number of carbonyl (C=O) groups is 1. The van der Waals surface area contributed by atoms with Crippen molar-refractivity contribution >= 4 is 5.91 Å². The van der Waals surface area contributed by atoms with E-state index in [9.17, 15) is 14.0 Å². The molecule has 8 nitrogen and oxygen atoms in total. The number of amides is 1. The van der Waals surface area contributed by atoms with Crippen molar-refractivity contribution in [3.05, 3.63) is 69.5 Å². The van der Waals surface area contributed by atoms with Gasteiger partial charge in [-0.25, -0.2) is 14.1 Å². The first-order chi connectivity index (χ1) is 16.2. The molecule has 4 rings (SSSR count). The molecule has 0 radical (unpaired) electrons. The standard InChI is InChI=1S/C25H27FN6O2/c1-15(2)31-10-9-30(14-16(31)3)24(33)19-6-8-22(28-12-19)32-25(34)21(13-29-32)20-7-5-18(11-27)23(26)17(20)4/h5-8,12-13,15-16,29H,9-10,14H2,1-4H3. The molecule has 1 saturated heterocycles. The number of hydrogen-bond acceptors (Lipinski definition) is 5. The van der Waals surface area contributed by atoms with Crippen molar-refractivity contribution in [2.24, 2.45) is 0 Å². The molecule has 1 fully saturated rings. The Morgan fingerprint density at radius 1 is 1.24 bits per heavy atom. The third kappa shape index (κ3) is 4.13. The van der Waals surface area contributed by atoms with Gasteiger partial charge in [0.25, 0.3) is 11.5 Å². The smallest absolute Gasteiger partial charge is 0.280 e. The molecule has 3 aromatic rings. The van der Waals surface area contributed by atoms with Crippen LogP contribution >= 0.6 is 0 Å². The van der Waals surface area contributed by atoms with Crippen LogP contribution in [0.1, 0.15) is 42.3 Å². The third-order valence-electron chi connectivity index (χ3n) is 6.42. The molecule has 1 aromatic carbocycles. The Hall–Kier alpha value is -3.77. The molecule has 0 bridgehead atoms. The number of nitrogens with zero attached hydrogens (tertiary/aromatic N) is 5. The molecule has 1 amide bonds. The fraction of sp³-hybridized carbons (Fsp3) is 0.360. The highest BCUT2D eigenvalue weighted by atomic mass is 19.1. The summed E-state index contributed by atoms with van der Waals surface area (Å²) in [5, 5.41) is 11.9. The summed E-state index contributed by atoms with van der Waals surface area (Å²) in [5.74, 6) is -0.410. The molecule has 1 unspecified atom stereocenters. The molecule has 2 aromatic heterocycles. The van der Waals surface area contributed by atoms with Crippen molar-refractivity contribution in [1.29, 1.82) is 5.26 Å². The third-order valence-corrected chi connectivity index (χ3v) is 6.42. The highest BCUT2D eigenvalue weighted by Gasteiger charge is 2.28. The normalized spacial score (nSPS) is 16.6. The number of piperazine rings is 1. The van der Waals surface area contributed by atoms with Crippen LogP contribution in [0.5, 0.6) is 0 Å². The maximum Gasteiger partial charge on any atom is 0.280 e. The SMILES string of the molecule is Cc1c(-c2c[nH]n(-c3ccc(C(=O)N4CCN(C(C)C)C(C)C4)cn3)c2=O)ccc(C#N)c1F. The van der Waals surface area contributed by atoms with Crippen molar-refractivity contribution in [2.45, 2.75) is 39.8 Å². The lowest BCUT2D eigenvalue weighted by Gasteiger charge is -2.42. The van der Waals surface area contributed by atoms with E-state index in [1.807, 2.05) is 4.90 Å². The molecule has 3 heterocycles. The first kappa shape index (κ1) is 23.4. The fourth-order valence-electron chi connectivity index (χ4n) is 4.55. The second-order valence-electron chi connectivity index (χ2n) is 8.88. The van der Waals surface area contributed by atoms with Crippen molar-refractivity contribution in [3.8, 4) is 23.0 Å². The van der Waals surface area contributed by atoms with Crippen LogP contribution < -0.4 is 5.56 Å². The van der Waals surface area contributed by atoms with Crippen LogP contribution in [-0.4, -0.2) is 62.2 Å². The van der Waals surface area contributed by atoms with E-state index in [-0.39, 0.29) is 28.6 Å². The van der Waals surface area contributed by atoms with E-state index >= 15 is 0 Å². The maximum atomic E-state index is 14.4. The molecule has 1 atom stereocenters. The lowest BCUT2D eigenvalue weighted by atomic mass is 10.0. The van der Waals surface area contributed by atoms with Gasteiger partial charge in [0.2, 0.25) is 0 Å². The number of pyridine rings is 1. The van der Waals surface area contributed by atoms with Crippen molar-refractivity contribution < 1.29 is 9.18 Å². The van der Waals surface area contributed by atoms with E-state index in [1.54, 1.807) is 24.3 Å². The van der Waals surface area contributed by atoms with Crippen LogP contribution in [0.2, 0.25) is 0 Å². The van der Waals surface area contributed by atoms with Gasteiger partial charge in [0, 0.05) is 44.1 Å². The van der Waals surface area contributed by atoms with Gasteiger partial charge in [0.05, 0.1) is 16.7 Å². The second-order valence-corrected chi connectivity index (χ2v) is 8.88. The summed E-state index contributed by atoms with van der Waals surface area (Å²) < 4.78 is 15.6. The number of benzene rings is 1. The summed E-state index contributed by atoms with van der Waals surface area (Å²) >= 11 is 0. The zero-order valence-electron chi connectivity index (χ0n) is 19.7. The van der Waals surface area contributed by atoms with Crippen LogP contribution in [0.15, 0.2) is 41.5 Å². The van der Waals surface area contributed by atoms with Gasteiger partial charge in [-0.1, -0.05) is 6.07 Å². The van der Waals surface area contributed by atoms with Gasteiger partial charge in [-0.15, -0.1) is 0 Å². The Balaban J connectivity index is 1.55. The van der Waals surface area contributed by atoms with Gasteiger partial charge in [0.1, 0.15) is 11.9 Å². The van der Waals surface area contributed by atoms with Crippen molar-refractivity contribution in [1.82, 2.24) is 24.6 Å². The van der Waals surface area contributed by atoms with E-state index in [0.717, 1.165) is 6.54 Å². The summed E-state index contributed by atoms with van der Waals surface area (Å²) in [4.78, 5) is 34.5. The molecule has 1 N–H and O–H groups in total. The lowest BCUT2D eigenvalue weighted by molar-refractivity contribution is 0.0426. The number of nitrogens with one attached hydrogen (secondary N) is 1. The number of hydrogen-bond donors (Lipinski definition) is 1. The zero-order chi connectivity index (χ0) is 24.6. The van der Waals surface area contributed by atoms with Crippen LogP contribution in [0.3, 0.4) is 0 Å². The van der Waals surface area contributed by atoms with Gasteiger partial charge < -0.3 is 4.90 Å². The van der Waals surface area contributed by atoms with Gasteiger partial charge >= 0.3 is 0 Å². The predicted molar refractivity (Wildman–Crippen MR) is 126 cm³/mol. The average molecular weight is 463 g/mol. The number of aromatic nitrogens is 3. The Bertz CT molecular complexity index is 1320. The highest BCUT2D eigenvalue weighted by Crippen LogP contribution is 2.25. The number of halogens is 1. The Labute approximate surface area is 197 Å². The quantitative estimate of drug-likeness (QED) is 0.643. The summed E-state index contributed by atoms with van der Waals surface area (Å²) in [5.41, 5.74) is 0.871. The molecule has 1 aliphatic rings. The first-order valence-electron chi connectivity index (χ1n) is 11.2. The van der Waals surface area contributed by atoms with Crippen LogP contribution in [0, 0.1) is 24.1 Å². The minimum absolute atomic E-state index is 0.0703. The minimum Gasteiger partial charge on any atom is -0.336 e. The summed E-state index contributed by atoms with van der Waals surface area (Å²) in [6.07, 6.45) is 2.95. The fourth-order valence-corrected chi connectivity index (χ4v) is 4.55. The van der Waals surface area contributed by atoms with Crippen LogP contribution in [-0.2, 0) is 0 Å². The van der Waals surface area contributed by atoms with Gasteiger partial charge in [0.15, 0.2) is 5.82 Å². The first-order valence-corrected chi connectivity index (χ1v) is 11.2. The molecule has 34 heavy (non-hydrogen) atoms. The monoisotopic (exact) mass is 462 g/mol. The number of rotatable bonds is 4. The van der Waals surface area contributed by atoms with Crippen molar-refractivity contribution in [3.63, 3.8) is 0 Å². The van der Waals surface area contributed by atoms with E-state index in [2.05, 4.69) is 35.8 Å². The number of carbonyl (C=O) groups excluding carboxylic acids is 1. The van der Waals surface area contributed by atoms with Crippen LogP contribution in [0.4, 0.5) is 4.39 Å². The molecule has 0 saturated carbocycles. The topological polar surface area (TPSA) is 98.0 Å². The van der Waals surface area contributed by atoms with Crippen molar-refractivity contribution in [2.75, 3.05) is 19.6 Å². The van der Waals surface area contributed by atoms with Gasteiger partial charge in [-0.2, -0.15) is 5.26 Å². The molecule has 0 aliphatic carbocycles. The van der Waals surface area contributed by atoms with Gasteiger partial charge in [-0.05, 0) is 57.0 Å². The van der Waals surface area contributed by atoms with E-state index in [1.165, 1.54) is 30.1 Å². The minimum atomic E-state index is -0.642. The Kier molecular flexibility index (Phi) is 6.35. The van der Waals surface area contributed by atoms with Crippen LogP contribution in [0.25, 0.3) is 16.9 Å². The maximum absolute atomic E-state index is 14.4. The van der Waals surface area contributed by atoms with E-state index < -0.39 is 11.4 Å². The zero-order valence-corrected chi connectivity index (χ0v) is 19.7. The average Bonchev–Trinajstić information content (AvgIpc) is 3.21. The molecule has 176 valence electrons. The van der Waals surface area contributed by atoms with Gasteiger partial charge in [-0.3, -0.25) is 19.6 Å². The largest absolute Gasteiger partial charge is 0.336 e.